The van der Waals surface area contributed by atoms with E-state index in [9.17, 15) is 14.4 Å². The molecule has 7 heteroatoms. The number of anilines is 1. The molecule has 2 aromatic rings. The van der Waals surface area contributed by atoms with Crippen molar-refractivity contribution in [3.8, 4) is 0 Å². The minimum absolute atomic E-state index is 0.201. The van der Waals surface area contributed by atoms with Crippen LogP contribution in [0.3, 0.4) is 0 Å². The predicted molar refractivity (Wildman–Crippen MR) is 118 cm³/mol. The van der Waals surface area contributed by atoms with Crippen molar-refractivity contribution in [1.82, 2.24) is 15.1 Å². The lowest BCUT2D eigenvalue weighted by molar-refractivity contribution is -0.138. The number of nitrogens with zero attached hydrogens (tertiary/aromatic N) is 2. The minimum atomic E-state index is -0.708. The molecule has 2 fully saturated rings. The van der Waals surface area contributed by atoms with Gasteiger partial charge in [-0.2, -0.15) is 5.10 Å². The molecule has 2 aliphatic rings. The van der Waals surface area contributed by atoms with Crippen LogP contribution in [-0.2, 0) is 20.5 Å². The number of rotatable bonds is 5. The number of carbonyl (C=O) groups excluding carboxylic acids is 3. The summed E-state index contributed by atoms with van der Waals surface area (Å²) in [6, 6.07) is 9.26. The summed E-state index contributed by atoms with van der Waals surface area (Å²) >= 11 is 0. The van der Waals surface area contributed by atoms with Gasteiger partial charge in [-0.25, -0.2) is 0 Å². The maximum absolute atomic E-state index is 13.1. The van der Waals surface area contributed by atoms with E-state index in [1.807, 2.05) is 58.0 Å². The third kappa shape index (κ3) is 4.01. The van der Waals surface area contributed by atoms with Gasteiger partial charge in [0.2, 0.25) is 11.8 Å². The van der Waals surface area contributed by atoms with Gasteiger partial charge >= 0.3 is 0 Å². The average Bonchev–Trinajstić information content (AvgIpc) is 3.46. The molecule has 0 radical (unpaired) electrons. The Morgan fingerprint density at radius 3 is 2.45 bits per heavy atom. The summed E-state index contributed by atoms with van der Waals surface area (Å²) in [7, 11) is 0. The van der Waals surface area contributed by atoms with Crippen LogP contribution in [-0.4, -0.2) is 27.5 Å². The van der Waals surface area contributed by atoms with Gasteiger partial charge in [-0.15, -0.1) is 0 Å². The number of benzene rings is 1. The number of piperidine rings is 1. The van der Waals surface area contributed by atoms with Crippen LogP contribution >= 0.6 is 0 Å². The topological polar surface area (TPSA) is 93.1 Å². The van der Waals surface area contributed by atoms with Crippen molar-refractivity contribution in [2.75, 3.05) is 5.32 Å². The molecule has 1 saturated heterocycles. The zero-order valence-electron chi connectivity index (χ0n) is 18.6. The maximum Gasteiger partial charge on any atom is 0.273 e. The fourth-order valence-corrected chi connectivity index (χ4v) is 4.28. The van der Waals surface area contributed by atoms with Crippen molar-refractivity contribution in [2.24, 2.45) is 0 Å². The molecule has 1 aliphatic heterocycles. The number of hydrogen-bond donors (Lipinski definition) is 2. The SMILES string of the molecule is CCC1(c2ccc(NC(=O)c3cc(C4CC4)nn3C(C)(C)C)cc2)CCC(=O)NC1=O. The van der Waals surface area contributed by atoms with Crippen molar-refractivity contribution < 1.29 is 14.4 Å². The van der Waals surface area contributed by atoms with Crippen LogP contribution in [0.2, 0.25) is 0 Å². The van der Waals surface area contributed by atoms with Gasteiger partial charge in [0.15, 0.2) is 0 Å². The van der Waals surface area contributed by atoms with E-state index in [0.29, 0.717) is 36.6 Å². The Morgan fingerprint density at radius 2 is 1.90 bits per heavy atom. The van der Waals surface area contributed by atoms with E-state index >= 15 is 0 Å². The monoisotopic (exact) mass is 422 g/mol. The normalized spacial score (nSPS) is 21.7. The van der Waals surface area contributed by atoms with Gasteiger partial charge in [0.1, 0.15) is 5.69 Å². The molecular weight excluding hydrogens is 392 g/mol. The van der Waals surface area contributed by atoms with Crippen LogP contribution in [0.5, 0.6) is 0 Å². The van der Waals surface area contributed by atoms with Gasteiger partial charge in [0, 0.05) is 18.0 Å². The van der Waals surface area contributed by atoms with Crippen LogP contribution in [0.25, 0.3) is 0 Å². The Bertz CT molecular complexity index is 1030. The Balaban J connectivity index is 1.55. The Hall–Kier alpha value is -2.96. The summed E-state index contributed by atoms with van der Waals surface area (Å²) in [5.74, 6) is -0.204. The quantitative estimate of drug-likeness (QED) is 0.716. The smallest absolute Gasteiger partial charge is 0.273 e. The lowest BCUT2D eigenvalue weighted by Gasteiger charge is -2.35. The molecule has 1 aromatic carbocycles. The molecule has 7 nitrogen and oxygen atoms in total. The first-order valence-electron chi connectivity index (χ1n) is 11.0. The lowest BCUT2D eigenvalue weighted by atomic mass is 9.72. The molecule has 2 N–H and O–H groups in total. The van der Waals surface area contributed by atoms with Gasteiger partial charge in [0.25, 0.3) is 5.91 Å². The van der Waals surface area contributed by atoms with Crippen molar-refractivity contribution in [1.29, 1.82) is 0 Å². The number of nitrogens with one attached hydrogen (secondary N) is 2. The van der Waals surface area contributed by atoms with Crippen LogP contribution < -0.4 is 10.6 Å². The van der Waals surface area contributed by atoms with Gasteiger partial charge in [-0.05, 0) is 70.2 Å². The van der Waals surface area contributed by atoms with Crippen molar-refractivity contribution in [3.05, 3.63) is 47.3 Å². The Labute approximate surface area is 182 Å². The van der Waals surface area contributed by atoms with Crippen LogP contribution in [0.4, 0.5) is 5.69 Å². The van der Waals surface area contributed by atoms with Gasteiger partial charge in [-0.3, -0.25) is 24.4 Å². The second-order valence-corrected chi connectivity index (χ2v) is 9.66. The average molecular weight is 423 g/mol. The number of hydrogen-bond acceptors (Lipinski definition) is 4. The standard InChI is InChI=1S/C24H30N4O3/c1-5-24(13-12-20(29)26-22(24)31)16-8-10-17(11-9-16)25-21(30)19-14-18(15-6-7-15)27-28(19)23(2,3)4/h8-11,14-15H,5-7,12-13H2,1-4H3,(H,25,30)(H,26,29,31). The molecule has 0 bridgehead atoms. The molecule has 0 spiro atoms. The molecule has 164 valence electrons. The zero-order chi connectivity index (χ0) is 22.4. The highest BCUT2D eigenvalue weighted by Crippen LogP contribution is 2.40. The first-order chi connectivity index (χ1) is 14.6. The van der Waals surface area contributed by atoms with Gasteiger partial charge in [0.05, 0.1) is 16.6 Å². The molecule has 1 aliphatic carbocycles. The summed E-state index contributed by atoms with van der Waals surface area (Å²) in [5, 5.41) is 10.1. The van der Waals surface area contributed by atoms with Crippen LogP contribution in [0.1, 0.15) is 87.5 Å². The van der Waals surface area contributed by atoms with Gasteiger partial charge in [-0.1, -0.05) is 19.1 Å². The molecule has 1 unspecified atom stereocenters. The third-order valence-electron chi connectivity index (χ3n) is 6.36. The molecule has 3 amide bonds. The fraction of sp³-hybridized carbons (Fsp3) is 0.500. The minimum Gasteiger partial charge on any atom is -0.321 e. The van der Waals surface area contributed by atoms with Crippen LogP contribution in [0.15, 0.2) is 30.3 Å². The van der Waals surface area contributed by atoms with Gasteiger partial charge < -0.3 is 5.32 Å². The van der Waals surface area contributed by atoms with E-state index in [-0.39, 0.29) is 23.3 Å². The van der Waals surface area contributed by atoms with E-state index in [1.165, 1.54) is 0 Å². The van der Waals surface area contributed by atoms with E-state index in [0.717, 1.165) is 24.1 Å². The van der Waals surface area contributed by atoms with E-state index in [2.05, 4.69) is 10.6 Å². The molecule has 2 heterocycles. The first-order valence-corrected chi connectivity index (χ1v) is 11.0. The number of carbonyl (C=O) groups is 3. The summed E-state index contributed by atoms with van der Waals surface area (Å²) < 4.78 is 1.81. The number of imide groups is 1. The summed E-state index contributed by atoms with van der Waals surface area (Å²) in [6.07, 6.45) is 3.68. The highest BCUT2D eigenvalue weighted by molar-refractivity contribution is 6.04. The predicted octanol–water partition coefficient (Wildman–Crippen LogP) is 3.85. The number of aromatic nitrogens is 2. The highest BCUT2D eigenvalue weighted by atomic mass is 16.2. The second-order valence-electron chi connectivity index (χ2n) is 9.66. The second kappa shape index (κ2) is 7.62. The molecule has 4 rings (SSSR count). The van der Waals surface area contributed by atoms with Crippen molar-refractivity contribution in [3.63, 3.8) is 0 Å². The zero-order valence-corrected chi connectivity index (χ0v) is 18.6. The van der Waals surface area contributed by atoms with Crippen molar-refractivity contribution in [2.45, 2.75) is 76.7 Å². The van der Waals surface area contributed by atoms with E-state index in [4.69, 9.17) is 5.10 Å². The molecule has 31 heavy (non-hydrogen) atoms. The summed E-state index contributed by atoms with van der Waals surface area (Å²) in [5.41, 5.74) is 2.03. The first kappa shape index (κ1) is 21.3. The third-order valence-corrected chi connectivity index (χ3v) is 6.36. The molecule has 1 atom stereocenters. The molecular formula is C24H30N4O3. The summed E-state index contributed by atoms with van der Waals surface area (Å²) in [4.78, 5) is 37.2. The van der Waals surface area contributed by atoms with Crippen molar-refractivity contribution >= 4 is 23.4 Å². The molecule has 1 saturated carbocycles. The highest BCUT2D eigenvalue weighted by Gasteiger charge is 2.42. The lowest BCUT2D eigenvalue weighted by Crippen LogP contribution is -2.51. The Kier molecular flexibility index (Phi) is 5.23. The van der Waals surface area contributed by atoms with E-state index < -0.39 is 5.41 Å². The number of amides is 3. The Morgan fingerprint density at radius 1 is 1.23 bits per heavy atom. The fourth-order valence-electron chi connectivity index (χ4n) is 4.28. The van der Waals surface area contributed by atoms with Crippen LogP contribution in [0, 0.1) is 0 Å². The molecule has 1 aromatic heterocycles. The van der Waals surface area contributed by atoms with E-state index in [1.54, 1.807) is 4.68 Å². The summed E-state index contributed by atoms with van der Waals surface area (Å²) in [6.45, 7) is 8.06. The maximum atomic E-state index is 13.1. The largest absolute Gasteiger partial charge is 0.321 e.